The molecule has 2 amide bonds. The Hall–Kier alpha value is -2.86. The molecule has 0 spiro atoms. The first kappa shape index (κ1) is 27.2. The largest absolute Gasteiger partial charge is 0.383 e. The minimum Gasteiger partial charge on any atom is -0.383 e. The van der Waals surface area contributed by atoms with E-state index in [1.54, 1.807) is 17.5 Å². The van der Waals surface area contributed by atoms with Crippen LogP contribution in [0.1, 0.15) is 49.9 Å². The van der Waals surface area contributed by atoms with Gasteiger partial charge in [0.05, 0.1) is 21.7 Å². The summed E-state index contributed by atoms with van der Waals surface area (Å²) in [4.78, 5) is 29.5. The van der Waals surface area contributed by atoms with E-state index in [0.717, 1.165) is 35.9 Å². The van der Waals surface area contributed by atoms with E-state index in [1.807, 2.05) is 23.6 Å². The van der Waals surface area contributed by atoms with Crippen LogP contribution in [0.3, 0.4) is 0 Å². The zero-order chi connectivity index (χ0) is 26.6. The van der Waals surface area contributed by atoms with Crippen molar-refractivity contribution in [1.29, 1.82) is 0 Å². The fraction of sp³-hybridized carbons (Fsp3) is 0.423. The number of hydrogen-bond acceptors (Lipinski definition) is 6. The van der Waals surface area contributed by atoms with Gasteiger partial charge in [0, 0.05) is 44.4 Å². The highest BCUT2D eigenvalue weighted by atomic mass is 32.2. The van der Waals surface area contributed by atoms with Crippen LogP contribution in [0.5, 0.6) is 0 Å². The number of nitrogens with one attached hydrogen (secondary N) is 1. The predicted molar refractivity (Wildman–Crippen MR) is 144 cm³/mol. The van der Waals surface area contributed by atoms with E-state index < -0.39 is 15.9 Å². The van der Waals surface area contributed by atoms with Gasteiger partial charge in [-0.3, -0.25) is 9.59 Å². The molecule has 9 nitrogen and oxygen atoms in total. The third-order valence-electron chi connectivity index (χ3n) is 6.47. The zero-order valence-electron chi connectivity index (χ0n) is 21.3. The van der Waals surface area contributed by atoms with Crippen LogP contribution in [0, 0.1) is 0 Å². The van der Waals surface area contributed by atoms with Crippen molar-refractivity contribution in [3.05, 3.63) is 52.8 Å². The SMILES string of the molecule is CCC1CCCCN1S(=O)(=O)c1ccc(C(=O)N=c2sc3cc(NC(C)=O)ccc3n2CCOC)cc1. The number of piperidine rings is 1. The molecule has 3 aromatic rings. The lowest BCUT2D eigenvalue weighted by molar-refractivity contribution is -0.114. The van der Waals surface area contributed by atoms with Crippen molar-refractivity contribution in [3.63, 3.8) is 0 Å². The van der Waals surface area contributed by atoms with Crippen molar-refractivity contribution in [1.82, 2.24) is 8.87 Å². The monoisotopic (exact) mass is 544 g/mol. The van der Waals surface area contributed by atoms with E-state index in [2.05, 4.69) is 10.3 Å². The molecule has 1 aliphatic heterocycles. The molecule has 1 fully saturated rings. The van der Waals surface area contributed by atoms with E-state index in [9.17, 15) is 18.0 Å². The molecule has 0 bridgehead atoms. The van der Waals surface area contributed by atoms with Crippen LogP contribution in [-0.4, -0.2) is 55.4 Å². The van der Waals surface area contributed by atoms with Crippen LogP contribution in [0.4, 0.5) is 5.69 Å². The Morgan fingerprint density at radius 3 is 2.59 bits per heavy atom. The molecule has 1 unspecified atom stereocenters. The van der Waals surface area contributed by atoms with Gasteiger partial charge >= 0.3 is 0 Å². The van der Waals surface area contributed by atoms with E-state index >= 15 is 0 Å². The van der Waals surface area contributed by atoms with Crippen molar-refractivity contribution in [2.24, 2.45) is 4.99 Å². The molecule has 1 atom stereocenters. The standard InChI is InChI=1S/C26H32N4O5S2/c1-4-21-7-5-6-14-30(21)37(33,34)22-11-8-19(9-12-22)25(32)28-26-29(15-16-35-3)23-13-10-20(27-18(2)31)17-24(23)36-26/h8-13,17,21H,4-7,14-16H2,1-3H3,(H,27,31). The molecule has 1 N–H and O–H groups in total. The number of ether oxygens (including phenoxy) is 1. The maximum atomic E-state index is 13.2. The first-order valence-corrected chi connectivity index (χ1v) is 14.6. The minimum atomic E-state index is -3.63. The maximum Gasteiger partial charge on any atom is 0.279 e. The molecule has 198 valence electrons. The topological polar surface area (TPSA) is 110 Å². The quantitative estimate of drug-likeness (QED) is 0.461. The summed E-state index contributed by atoms with van der Waals surface area (Å²) < 4.78 is 36.1. The van der Waals surface area contributed by atoms with Gasteiger partial charge in [0.15, 0.2) is 4.80 Å². The fourth-order valence-corrected chi connectivity index (χ4v) is 7.45. The highest BCUT2D eigenvalue weighted by molar-refractivity contribution is 7.89. The number of fused-ring (bicyclic) bond motifs is 1. The van der Waals surface area contributed by atoms with Crippen molar-refractivity contribution in [3.8, 4) is 0 Å². The molecule has 11 heteroatoms. The Morgan fingerprint density at radius 2 is 1.92 bits per heavy atom. The average Bonchev–Trinajstić information content (AvgIpc) is 3.22. The Morgan fingerprint density at radius 1 is 1.16 bits per heavy atom. The number of anilines is 1. The van der Waals surface area contributed by atoms with Crippen LogP contribution in [0.2, 0.25) is 0 Å². The van der Waals surface area contributed by atoms with Gasteiger partial charge in [-0.2, -0.15) is 9.30 Å². The molecule has 1 saturated heterocycles. The molecule has 2 heterocycles. The van der Waals surface area contributed by atoms with Gasteiger partial charge in [0.25, 0.3) is 5.91 Å². The summed E-state index contributed by atoms with van der Waals surface area (Å²) in [5.74, 6) is -0.632. The number of rotatable bonds is 8. The summed E-state index contributed by atoms with van der Waals surface area (Å²) >= 11 is 1.33. The van der Waals surface area contributed by atoms with E-state index in [4.69, 9.17) is 4.74 Å². The number of carbonyl (C=O) groups excluding carboxylic acids is 2. The number of carbonyl (C=O) groups is 2. The van der Waals surface area contributed by atoms with Crippen molar-refractivity contribution < 1.29 is 22.7 Å². The smallest absolute Gasteiger partial charge is 0.279 e. The summed E-state index contributed by atoms with van der Waals surface area (Å²) in [7, 11) is -2.02. The second-order valence-corrected chi connectivity index (χ2v) is 11.9. The molecule has 1 aromatic heterocycles. The summed E-state index contributed by atoms with van der Waals surface area (Å²) in [6.07, 6.45) is 3.54. The van der Waals surface area contributed by atoms with E-state index in [0.29, 0.717) is 35.7 Å². The molecule has 2 aromatic carbocycles. The van der Waals surface area contributed by atoms with E-state index in [-0.39, 0.29) is 16.8 Å². The molecule has 37 heavy (non-hydrogen) atoms. The van der Waals surface area contributed by atoms with Crippen molar-refractivity contribution in [2.45, 2.75) is 57.0 Å². The highest BCUT2D eigenvalue weighted by Gasteiger charge is 2.32. The fourth-order valence-electron chi connectivity index (χ4n) is 4.59. The second-order valence-electron chi connectivity index (χ2n) is 9.01. The number of aromatic nitrogens is 1. The third kappa shape index (κ3) is 6.01. The van der Waals surface area contributed by atoms with Crippen LogP contribution in [0.15, 0.2) is 52.4 Å². The lowest BCUT2D eigenvalue weighted by Gasteiger charge is -2.34. The average molecular weight is 545 g/mol. The van der Waals surface area contributed by atoms with Gasteiger partial charge in [-0.05, 0) is 61.7 Å². The number of sulfonamides is 1. The number of amides is 2. The molecule has 0 aliphatic carbocycles. The molecule has 4 rings (SSSR count). The lowest BCUT2D eigenvalue weighted by atomic mass is 10.0. The first-order valence-electron chi connectivity index (χ1n) is 12.4. The van der Waals surface area contributed by atoms with E-state index in [1.165, 1.54) is 42.5 Å². The number of methoxy groups -OCH3 is 1. The van der Waals surface area contributed by atoms with Gasteiger partial charge in [-0.15, -0.1) is 0 Å². The Bertz CT molecular complexity index is 1460. The molecular weight excluding hydrogens is 512 g/mol. The lowest BCUT2D eigenvalue weighted by Crippen LogP contribution is -2.43. The van der Waals surface area contributed by atoms with Gasteiger partial charge in [0.1, 0.15) is 0 Å². The second kappa shape index (κ2) is 11.7. The van der Waals surface area contributed by atoms with Gasteiger partial charge < -0.3 is 14.6 Å². The summed E-state index contributed by atoms with van der Waals surface area (Å²) in [6.45, 7) is 4.90. The van der Waals surface area contributed by atoms with Crippen molar-refractivity contribution >= 4 is 49.1 Å². The maximum absolute atomic E-state index is 13.2. The number of benzene rings is 2. The zero-order valence-corrected chi connectivity index (χ0v) is 22.9. The van der Waals surface area contributed by atoms with Crippen LogP contribution in [0.25, 0.3) is 10.2 Å². The Kier molecular flexibility index (Phi) is 8.58. The number of thiazole rings is 1. The van der Waals surface area contributed by atoms with Gasteiger partial charge in [0.2, 0.25) is 15.9 Å². The molecule has 1 aliphatic rings. The summed E-state index contributed by atoms with van der Waals surface area (Å²) in [5.41, 5.74) is 1.84. The molecular formula is C26H32N4O5S2. The van der Waals surface area contributed by atoms with Crippen LogP contribution in [-0.2, 0) is 26.1 Å². The minimum absolute atomic E-state index is 0.0109. The van der Waals surface area contributed by atoms with Crippen LogP contribution < -0.4 is 10.1 Å². The summed E-state index contributed by atoms with van der Waals surface area (Å²) in [6, 6.07) is 11.5. The van der Waals surface area contributed by atoms with Crippen molar-refractivity contribution in [2.75, 3.05) is 25.6 Å². The van der Waals surface area contributed by atoms with Gasteiger partial charge in [-0.1, -0.05) is 24.7 Å². The Labute approximate surface area is 220 Å². The first-order chi connectivity index (χ1) is 17.7. The predicted octanol–water partition coefficient (Wildman–Crippen LogP) is 4.00. The highest BCUT2D eigenvalue weighted by Crippen LogP contribution is 2.27. The normalized spacial score (nSPS) is 17.3. The third-order valence-corrected chi connectivity index (χ3v) is 9.48. The number of hydrogen-bond donors (Lipinski definition) is 1. The number of nitrogens with zero attached hydrogens (tertiary/aromatic N) is 3. The Balaban J connectivity index is 1.64. The summed E-state index contributed by atoms with van der Waals surface area (Å²) in [5, 5.41) is 2.77. The molecule has 0 saturated carbocycles. The van der Waals surface area contributed by atoms with Gasteiger partial charge in [-0.25, -0.2) is 8.42 Å². The van der Waals surface area contributed by atoms with Crippen LogP contribution >= 0.6 is 11.3 Å². The molecule has 0 radical (unpaired) electrons.